The number of alkyl halides is 3. The standard InChI is InChI=1S/C28H22F4N4O3S2/c1-17-15-40-26(34-17)25(37)27-13-18-14-33-36(22-7-5-21(29)6-8-22)24(18)12-19(27)9-10-35(16-27)41(38,39)23-4-2-3-20(11-23)28(30,31)32/h2-8,11-12,14-15H,9-10,13,16H2,1H3/t27-/m0/s1. The van der Waals surface area contributed by atoms with Crippen LogP contribution in [0.4, 0.5) is 17.6 Å². The Labute approximate surface area is 236 Å². The first-order valence-corrected chi connectivity index (χ1v) is 14.9. The summed E-state index contributed by atoms with van der Waals surface area (Å²) < 4.78 is 83.7. The van der Waals surface area contributed by atoms with Gasteiger partial charge in [0.05, 0.1) is 33.5 Å². The Morgan fingerprint density at radius 1 is 1.12 bits per heavy atom. The fraction of sp³-hybridized carbons (Fsp3) is 0.250. The number of hydrogen-bond donors (Lipinski definition) is 0. The lowest BCUT2D eigenvalue weighted by molar-refractivity contribution is -0.137. The third-order valence-corrected chi connectivity index (χ3v) is 10.3. The first kappa shape index (κ1) is 27.5. The third kappa shape index (κ3) is 4.71. The number of ketones is 1. The predicted octanol–water partition coefficient (Wildman–Crippen LogP) is 5.70. The summed E-state index contributed by atoms with van der Waals surface area (Å²) in [5, 5.41) is 6.41. The van der Waals surface area contributed by atoms with Crippen LogP contribution in [0, 0.1) is 18.2 Å². The van der Waals surface area contributed by atoms with Gasteiger partial charge in [0.25, 0.3) is 0 Å². The van der Waals surface area contributed by atoms with E-state index in [1.807, 2.05) is 6.08 Å². The number of carbonyl (C=O) groups is 1. The zero-order valence-corrected chi connectivity index (χ0v) is 23.2. The number of halogens is 4. The highest BCUT2D eigenvalue weighted by Gasteiger charge is 2.52. The lowest BCUT2D eigenvalue weighted by atomic mass is 9.66. The van der Waals surface area contributed by atoms with Gasteiger partial charge in [-0.05, 0) is 73.9 Å². The number of carbonyl (C=O) groups excluding carboxylic acids is 1. The van der Waals surface area contributed by atoms with Crippen LogP contribution in [0.3, 0.4) is 0 Å². The minimum Gasteiger partial charge on any atom is -0.290 e. The Kier molecular flexibility index (Phi) is 6.51. The third-order valence-electron chi connectivity index (χ3n) is 7.50. The molecule has 0 saturated carbocycles. The molecule has 13 heteroatoms. The van der Waals surface area contributed by atoms with Gasteiger partial charge in [-0.3, -0.25) is 4.79 Å². The molecule has 6 rings (SSSR count). The number of aromatic nitrogens is 3. The summed E-state index contributed by atoms with van der Waals surface area (Å²) in [5.41, 5.74) is 0.907. The highest BCUT2D eigenvalue weighted by Crippen LogP contribution is 2.47. The lowest BCUT2D eigenvalue weighted by Crippen LogP contribution is -2.53. The van der Waals surface area contributed by atoms with Gasteiger partial charge in [0.15, 0.2) is 5.01 Å². The van der Waals surface area contributed by atoms with Gasteiger partial charge in [-0.1, -0.05) is 11.6 Å². The van der Waals surface area contributed by atoms with Crippen molar-refractivity contribution in [3.05, 3.63) is 99.0 Å². The number of hydrogen-bond acceptors (Lipinski definition) is 6. The molecule has 4 aromatic rings. The number of aryl methyl sites for hydroxylation is 1. The van der Waals surface area contributed by atoms with Crippen LogP contribution in [-0.4, -0.2) is 46.4 Å². The van der Waals surface area contributed by atoms with Gasteiger partial charge in [0.1, 0.15) is 5.82 Å². The molecule has 2 aromatic heterocycles. The molecule has 212 valence electrons. The molecule has 0 N–H and O–H groups in total. The summed E-state index contributed by atoms with van der Waals surface area (Å²) in [7, 11) is -4.38. The Hall–Kier alpha value is -3.68. The van der Waals surface area contributed by atoms with Gasteiger partial charge in [0.2, 0.25) is 15.8 Å². The van der Waals surface area contributed by atoms with E-state index in [2.05, 4.69) is 10.1 Å². The highest BCUT2D eigenvalue weighted by atomic mass is 32.2. The molecular weight excluding hydrogens is 580 g/mol. The van der Waals surface area contributed by atoms with E-state index in [4.69, 9.17) is 0 Å². The zero-order chi connectivity index (χ0) is 29.2. The van der Waals surface area contributed by atoms with Crippen molar-refractivity contribution >= 4 is 33.2 Å². The Balaban J connectivity index is 1.43. The SMILES string of the molecule is Cc1csc(C(=O)[C@]23Cc4cnn(-c5ccc(F)cc5)c4C=C2CCN(S(=O)(=O)c2cccc(C(F)(F)F)c2)C3)n1. The molecule has 41 heavy (non-hydrogen) atoms. The van der Waals surface area contributed by atoms with E-state index >= 15 is 0 Å². The summed E-state index contributed by atoms with van der Waals surface area (Å²) in [6, 6.07) is 9.40. The van der Waals surface area contributed by atoms with Crippen molar-refractivity contribution in [2.75, 3.05) is 13.1 Å². The summed E-state index contributed by atoms with van der Waals surface area (Å²) in [6.07, 6.45) is -1.02. The van der Waals surface area contributed by atoms with Crippen LogP contribution < -0.4 is 0 Å². The van der Waals surface area contributed by atoms with E-state index in [1.165, 1.54) is 12.1 Å². The number of rotatable bonds is 5. The molecule has 1 aliphatic heterocycles. The fourth-order valence-corrected chi connectivity index (χ4v) is 7.83. The van der Waals surface area contributed by atoms with Crippen LogP contribution in [0.15, 0.2) is 70.6 Å². The average Bonchev–Trinajstić information content (AvgIpc) is 3.56. The molecular formula is C28H22F4N4O3S2. The van der Waals surface area contributed by atoms with E-state index in [0.717, 1.165) is 33.8 Å². The number of piperidine rings is 1. The van der Waals surface area contributed by atoms with Crippen molar-refractivity contribution in [3.63, 3.8) is 0 Å². The molecule has 3 heterocycles. The maximum absolute atomic E-state index is 14.2. The van der Waals surface area contributed by atoms with E-state index in [9.17, 15) is 30.8 Å². The van der Waals surface area contributed by atoms with Crippen LogP contribution in [0.1, 0.15) is 38.7 Å². The second-order valence-corrected chi connectivity index (χ2v) is 12.9. The monoisotopic (exact) mass is 602 g/mol. The van der Waals surface area contributed by atoms with E-state index in [-0.39, 0.29) is 36.7 Å². The second kappa shape index (κ2) is 9.71. The molecule has 1 fully saturated rings. The topological polar surface area (TPSA) is 85.2 Å². The first-order valence-electron chi connectivity index (χ1n) is 12.6. The maximum atomic E-state index is 14.2. The molecule has 2 aromatic carbocycles. The van der Waals surface area contributed by atoms with Gasteiger partial charge in [0, 0.05) is 24.2 Å². The molecule has 1 atom stereocenters. The number of thiazole rings is 1. The molecule has 0 radical (unpaired) electrons. The van der Waals surface area contributed by atoms with Crippen molar-refractivity contribution in [3.8, 4) is 5.69 Å². The molecule has 7 nitrogen and oxygen atoms in total. The van der Waals surface area contributed by atoms with E-state index < -0.39 is 37.9 Å². The van der Waals surface area contributed by atoms with Crippen LogP contribution >= 0.6 is 11.3 Å². The van der Waals surface area contributed by atoms with Gasteiger partial charge in [-0.2, -0.15) is 22.6 Å². The molecule has 1 aliphatic carbocycles. The largest absolute Gasteiger partial charge is 0.416 e. The van der Waals surface area contributed by atoms with Crippen molar-refractivity contribution in [2.24, 2.45) is 5.41 Å². The van der Waals surface area contributed by atoms with Gasteiger partial charge in [-0.15, -0.1) is 11.3 Å². The number of Topliss-reactive ketones (excluding diaryl/α,β-unsaturated/α-hetero) is 1. The molecule has 0 unspecified atom stereocenters. The van der Waals surface area contributed by atoms with E-state index in [1.54, 1.807) is 35.3 Å². The number of fused-ring (bicyclic) bond motifs is 2. The maximum Gasteiger partial charge on any atom is 0.416 e. The minimum absolute atomic E-state index is 0.0314. The van der Waals surface area contributed by atoms with Gasteiger partial charge < -0.3 is 0 Å². The van der Waals surface area contributed by atoms with Gasteiger partial charge in [-0.25, -0.2) is 22.5 Å². The number of nitrogens with zero attached hydrogens (tertiary/aromatic N) is 4. The quantitative estimate of drug-likeness (QED) is 0.216. The van der Waals surface area contributed by atoms with Crippen molar-refractivity contribution in [1.82, 2.24) is 19.1 Å². The molecule has 1 saturated heterocycles. The smallest absolute Gasteiger partial charge is 0.290 e. The molecule has 0 amide bonds. The Morgan fingerprint density at radius 3 is 2.56 bits per heavy atom. The summed E-state index contributed by atoms with van der Waals surface area (Å²) >= 11 is 1.16. The first-order chi connectivity index (χ1) is 19.4. The average molecular weight is 603 g/mol. The van der Waals surface area contributed by atoms with Crippen LogP contribution in [0.5, 0.6) is 0 Å². The number of sulfonamides is 1. The molecule has 0 spiro atoms. The van der Waals surface area contributed by atoms with Crippen molar-refractivity contribution in [2.45, 2.75) is 30.8 Å². The van der Waals surface area contributed by atoms with Crippen LogP contribution in [0.2, 0.25) is 0 Å². The number of benzene rings is 2. The van der Waals surface area contributed by atoms with Crippen molar-refractivity contribution in [1.29, 1.82) is 0 Å². The highest BCUT2D eigenvalue weighted by molar-refractivity contribution is 7.89. The predicted molar refractivity (Wildman–Crippen MR) is 144 cm³/mol. The van der Waals surface area contributed by atoms with Gasteiger partial charge >= 0.3 is 6.18 Å². The zero-order valence-electron chi connectivity index (χ0n) is 21.5. The summed E-state index contributed by atoms with van der Waals surface area (Å²) in [6.45, 7) is 1.45. The minimum atomic E-state index is -4.71. The van der Waals surface area contributed by atoms with Crippen molar-refractivity contribution < 1.29 is 30.8 Å². The normalized spacial score (nSPS) is 19.4. The summed E-state index contributed by atoms with van der Waals surface area (Å²) in [5.74, 6) is -0.753. The lowest BCUT2D eigenvalue weighted by Gasteiger charge is -2.44. The molecule has 2 aliphatic rings. The Bertz CT molecular complexity index is 1810. The summed E-state index contributed by atoms with van der Waals surface area (Å²) in [4.78, 5) is 18.0. The molecule has 0 bridgehead atoms. The van der Waals surface area contributed by atoms with Crippen LogP contribution in [0.25, 0.3) is 11.8 Å². The second-order valence-electron chi connectivity index (χ2n) is 10.1. The van der Waals surface area contributed by atoms with Crippen LogP contribution in [-0.2, 0) is 22.6 Å². The Morgan fingerprint density at radius 2 is 1.88 bits per heavy atom. The van der Waals surface area contributed by atoms with E-state index in [0.29, 0.717) is 34.3 Å². The fourth-order valence-electron chi connectivity index (χ4n) is 5.45.